The number of thiophene rings is 1. The third kappa shape index (κ3) is 4.15. The quantitative estimate of drug-likeness (QED) is 0.254. The Bertz CT molecular complexity index is 1000. The molecule has 0 aliphatic rings. The topological polar surface area (TPSA) is 67.9 Å². The second kappa shape index (κ2) is 8.70. The summed E-state index contributed by atoms with van der Waals surface area (Å²) in [6.45, 7) is 4.73. The molecule has 5 nitrogen and oxygen atoms in total. The Labute approximate surface area is 159 Å². The molecule has 0 amide bonds. The first-order chi connectivity index (χ1) is 12.7. The van der Waals surface area contributed by atoms with Gasteiger partial charge < -0.3 is 4.74 Å². The monoisotopic (exact) mass is 383 g/mol. The maximum absolute atomic E-state index is 12.5. The molecule has 3 aromatic rings. The predicted octanol–water partition coefficient (Wildman–Crippen LogP) is 4.08. The summed E-state index contributed by atoms with van der Waals surface area (Å²) in [4.78, 5) is 17.9. The van der Waals surface area contributed by atoms with Crippen LogP contribution in [0, 0.1) is 11.3 Å². The number of nitrogens with zero attached hydrogens (tertiary/aromatic N) is 3. The Hall–Kier alpha value is -2.56. The molecule has 0 aliphatic heterocycles. The fraction of sp³-hybridized carbons (Fsp3) is 0.211. The maximum Gasteiger partial charge on any atom is 0.263 e. The molecule has 0 saturated carbocycles. The lowest BCUT2D eigenvalue weighted by Gasteiger charge is -2.10. The highest BCUT2D eigenvalue weighted by molar-refractivity contribution is 7.99. The Morgan fingerprint density at radius 1 is 1.35 bits per heavy atom. The number of ether oxygens (including phenoxy) is 1. The third-order valence-electron chi connectivity index (χ3n) is 3.63. The number of fused-ring (bicyclic) bond motifs is 1. The van der Waals surface area contributed by atoms with Crippen LogP contribution in [0.15, 0.2) is 58.3 Å². The molecule has 0 spiro atoms. The zero-order valence-corrected chi connectivity index (χ0v) is 15.7. The molecule has 0 fully saturated rings. The maximum atomic E-state index is 12.5. The summed E-state index contributed by atoms with van der Waals surface area (Å²) in [5.41, 5.74) is 0.593. The van der Waals surface area contributed by atoms with Crippen LogP contribution in [-0.2, 0) is 6.54 Å². The molecule has 0 unspecified atom stereocenters. The number of hydrogen-bond acceptors (Lipinski definition) is 6. The van der Waals surface area contributed by atoms with Gasteiger partial charge in [0, 0.05) is 12.3 Å². The lowest BCUT2D eigenvalue weighted by atomic mass is 10.2. The van der Waals surface area contributed by atoms with Crippen LogP contribution in [0.2, 0.25) is 0 Å². The standard InChI is InChI=1S/C19H17N3O2S2/c1-2-9-22-18(23)16-8-12-25-17(16)21-19(22)26-11-3-10-24-15-6-4-14(13-20)5-7-15/h2,4-8,12H,1,3,9-11H2. The summed E-state index contributed by atoms with van der Waals surface area (Å²) in [7, 11) is 0. The van der Waals surface area contributed by atoms with Crippen molar-refractivity contribution in [2.24, 2.45) is 0 Å². The first-order valence-corrected chi connectivity index (χ1v) is 9.94. The Morgan fingerprint density at radius 2 is 2.15 bits per heavy atom. The summed E-state index contributed by atoms with van der Waals surface area (Å²) in [5, 5.41) is 12.0. The van der Waals surface area contributed by atoms with Gasteiger partial charge in [0.05, 0.1) is 23.6 Å². The number of rotatable bonds is 8. The average Bonchev–Trinajstić information content (AvgIpc) is 3.13. The molecule has 132 valence electrons. The molecular formula is C19H17N3O2S2. The van der Waals surface area contributed by atoms with Crippen molar-refractivity contribution in [3.05, 3.63) is 64.3 Å². The number of aromatic nitrogens is 2. The van der Waals surface area contributed by atoms with E-state index >= 15 is 0 Å². The van der Waals surface area contributed by atoms with E-state index in [1.54, 1.807) is 46.7 Å². The van der Waals surface area contributed by atoms with Crippen molar-refractivity contribution in [3.63, 3.8) is 0 Å². The number of hydrogen-bond donors (Lipinski definition) is 0. The highest BCUT2D eigenvalue weighted by Crippen LogP contribution is 2.22. The van der Waals surface area contributed by atoms with Crippen molar-refractivity contribution in [3.8, 4) is 11.8 Å². The van der Waals surface area contributed by atoms with Crippen molar-refractivity contribution in [1.29, 1.82) is 5.26 Å². The van der Waals surface area contributed by atoms with Crippen LogP contribution in [-0.4, -0.2) is 21.9 Å². The Balaban J connectivity index is 1.59. The number of thioether (sulfide) groups is 1. The van der Waals surface area contributed by atoms with Gasteiger partial charge in [-0.15, -0.1) is 17.9 Å². The molecule has 3 rings (SSSR count). The molecule has 1 aromatic carbocycles. The molecular weight excluding hydrogens is 366 g/mol. The molecule has 7 heteroatoms. The van der Waals surface area contributed by atoms with Gasteiger partial charge in [-0.05, 0) is 42.1 Å². The lowest BCUT2D eigenvalue weighted by Crippen LogP contribution is -2.22. The van der Waals surface area contributed by atoms with Crippen LogP contribution in [0.5, 0.6) is 5.75 Å². The SMILES string of the molecule is C=CCn1c(SCCCOc2ccc(C#N)cc2)nc2sccc2c1=O. The van der Waals surface area contributed by atoms with Crippen molar-refractivity contribution in [2.75, 3.05) is 12.4 Å². The molecule has 0 atom stereocenters. The van der Waals surface area contributed by atoms with Crippen LogP contribution in [0.3, 0.4) is 0 Å². The minimum Gasteiger partial charge on any atom is -0.494 e. The van der Waals surface area contributed by atoms with E-state index in [0.717, 1.165) is 22.8 Å². The van der Waals surface area contributed by atoms with E-state index in [2.05, 4.69) is 17.6 Å². The van der Waals surface area contributed by atoms with E-state index in [1.165, 1.54) is 11.3 Å². The van der Waals surface area contributed by atoms with Gasteiger partial charge in [-0.3, -0.25) is 9.36 Å². The fourth-order valence-corrected chi connectivity index (χ4v) is 4.09. The molecule has 26 heavy (non-hydrogen) atoms. The van der Waals surface area contributed by atoms with Crippen molar-refractivity contribution < 1.29 is 4.74 Å². The smallest absolute Gasteiger partial charge is 0.263 e. The van der Waals surface area contributed by atoms with Crippen LogP contribution >= 0.6 is 23.1 Å². The van der Waals surface area contributed by atoms with Crippen molar-refractivity contribution in [2.45, 2.75) is 18.1 Å². The van der Waals surface area contributed by atoms with E-state index in [0.29, 0.717) is 29.3 Å². The fourth-order valence-electron chi connectivity index (χ4n) is 2.37. The van der Waals surface area contributed by atoms with Gasteiger partial charge in [-0.2, -0.15) is 5.26 Å². The van der Waals surface area contributed by atoms with E-state index in [1.807, 2.05) is 11.4 Å². The minimum absolute atomic E-state index is 0.0208. The average molecular weight is 383 g/mol. The zero-order chi connectivity index (χ0) is 18.4. The van der Waals surface area contributed by atoms with Crippen LogP contribution < -0.4 is 10.3 Å². The lowest BCUT2D eigenvalue weighted by molar-refractivity contribution is 0.318. The van der Waals surface area contributed by atoms with Crippen LogP contribution in [0.25, 0.3) is 10.2 Å². The first-order valence-electron chi connectivity index (χ1n) is 8.07. The third-order valence-corrected chi connectivity index (χ3v) is 5.50. The summed E-state index contributed by atoms with van der Waals surface area (Å²) in [5.74, 6) is 1.53. The van der Waals surface area contributed by atoms with Crippen LogP contribution in [0.4, 0.5) is 0 Å². The van der Waals surface area contributed by atoms with Gasteiger partial charge in [-0.25, -0.2) is 4.98 Å². The summed E-state index contributed by atoms with van der Waals surface area (Å²) < 4.78 is 7.34. The first kappa shape index (κ1) is 18.2. The molecule has 0 N–H and O–H groups in total. The van der Waals surface area contributed by atoms with Crippen molar-refractivity contribution >= 4 is 33.3 Å². The van der Waals surface area contributed by atoms with Gasteiger partial charge in [0.1, 0.15) is 10.6 Å². The summed E-state index contributed by atoms with van der Waals surface area (Å²) >= 11 is 3.02. The molecule has 0 bridgehead atoms. The normalized spacial score (nSPS) is 10.6. The van der Waals surface area contributed by atoms with Gasteiger partial charge in [-0.1, -0.05) is 17.8 Å². The van der Waals surface area contributed by atoms with Gasteiger partial charge in [0.15, 0.2) is 5.16 Å². The zero-order valence-electron chi connectivity index (χ0n) is 14.1. The van der Waals surface area contributed by atoms with Gasteiger partial charge >= 0.3 is 0 Å². The van der Waals surface area contributed by atoms with Crippen LogP contribution in [0.1, 0.15) is 12.0 Å². The molecule has 2 heterocycles. The van der Waals surface area contributed by atoms with Gasteiger partial charge in [0.2, 0.25) is 0 Å². The number of benzene rings is 1. The molecule has 0 radical (unpaired) electrons. The Kier molecular flexibility index (Phi) is 6.10. The molecule has 0 aliphatic carbocycles. The summed E-state index contributed by atoms with van der Waals surface area (Å²) in [6, 6.07) is 10.9. The Morgan fingerprint density at radius 3 is 2.88 bits per heavy atom. The second-order valence-electron chi connectivity index (χ2n) is 5.42. The molecule has 0 saturated heterocycles. The van der Waals surface area contributed by atoms with Gasteiger partial charge in [0.25, 0.3) is 5.56 Å². The number of allylic oxidation sites excluding steroid dienone is 1. The summed E-state index contributed by atoms with van der Waals surface area (Å²) in [6.07, 6.45) is 2.52. The van der Waals surface area contributed by atoms with Crippen molar-refractivity contribution in [1.82, 2.24) is 9.55 Å². The largest absolute Gasteiger partial charge is 0.494 e. The van der Waals surface area contributed by atoms with E-state index in [4.69, 9.17) is 10.00 Å². The predicted molar refractivity (Wildman–Crippen MR) is 106 cm³/mol. The van der Waals surface area contributed by atoms with E-state index in [9.17, 15) is 4.79 Å². The highest BCUT2D eigenvalue weighted by Gasteiger charge is 2.11. The minimum atomic E-state index is -0.0208. The molecule has 2 aromatic heterocycles. The van der Waals surface area contributed by atoms with E-state index < -0.39 is 0 Å². The second-order valence-corrected chi connectivity index (χ2v) is 7.38. The number of nitriles is 1. The highest BCUT2D eigenvalue weighted by atomic mass is 32.2. The van der Waals surface area contributed by atoms with E-state index in [-0.39, 0.29) is 5.56 Å².